The molecule has 1 N–H and O–H groups in total. The minimum Gasteiger partial charge on any atom is -0.347 e. The highest BCUT2D eigenvalue weighted by atomic mass is 35.5. The Bertz CT molecular complexity index is 593. The molecule has 2 saturated heterocycles. The number of rotatable bonds is 2. The van der Waals surface area contributed by atoms with Gasteiger partial charge in [-0.15, -0.1) is 0 Å². The SMILES string of the molecule is CC1([C@H]2CCCN(C(=O)Nc3ccc(Cl)c(F)c3)C2)OCCO1. The first-order chi connectivity index (χ1) is 11.0. The Morgan fingerprint density at radius 1 is 1.43 bits per heavy atom. The summed E-state index contributed by atoms with van der Waals surface area (Å²) in [5, 5.41) is 2.74. The van der Waals surface area contributed by atoms with E-state index in [2.05, 4.69) is 5.32 Å². The topological polar surface area (TPSA) is 50.8 Å². The van der Waals surface area contributed by atoms with Gasteiger partial charge in [0.25, 0.3) is 0 Å². The van der Waals surface area contributed by atoms with Crippen LogP contribution in [0.25, 0.3) is 0 Å². The van der Waals surface area contributed by atoms with Crippen LogP contribution < -0.4 is 5.32 Å². The highest BCUT2D eigenvalue weighted by Crippen LogP contribution is 2.34. The molecule has 2 aliphatic heterocycles. The number of piperidine rings is 1. The molecular formula is C16H20ClFN2O3. The average molecular weight is 343 g/mol. The van der Waals surface area contributed by atoms with E-state index in [0.717, 1.165) is 12.8 Å². The van der Waals surface area contributed by atoms with Crippen LogP contribution in [0.1, 0.15) is 19.8 Å². The number of ether oxygens (including phenoxy) is 2. The second kappa shape index (κ2) is 6.63. The van der Waals surface area contributed by atoms with Crippen molar-refractivity contribution < 1.29 is 18.7 Å². The summed E-state index contributed by atoms with van der Waals surface area (Å²) >= 11 is 5.65. The van der Waals surface area contributed by atoms with Gasteiger partial charge >= 0.3 is 6.03 Å². The molecule has 0 aromatic heterocycles. The van der Waals surface area contributed by atoms with Crippen molar-refractivity contribution in [1.82, 2.24) is 4.90 Å². The van der Waals surface area contributed by atoms with E-state index in [9.17, 15) is 9.18 Å². The van der Waals surface area contributed by atoms with Crippen LogP contribution in [0.3, 0.4) is 0 Å². The van der Waals surface area contributed by atoms with E-state index in [1.807, 2.05) is 6.92 Å². The van der Waals surface area contributed by atoms with Crippen LogP contribution in [0.15, 0.2) is 18.2 Å². The molecule has 5 nitrogen and oxygen atoms in total. The normalized spacial score (nSPS) is 23.8. The van der Waals surface area contributed by atoms with Crippen LogP contribution >= 0.6 is 11.6 Å². The zero-order valence-corrected chi connectivity index (χ0v) is 13.7. The lowest BCUT2D eigenvalue weighted by Crippen LogP contribution is -2.49. The number of carbonyl (C=O) groups excluding carboxylic acids is 1. The lowest BCUT2D eigenvalue weighted by Gasteiger charge is -2.39. The lowest BCUT2D eigenvalue weighted by molar-refractivity contribution is -0.189. The van der Waals surface area contributed by atoms with Gasteiger partial charge in [0.2, 0.25) is 0 Å². The predicted octanol–water partition coefficient (Wildman–Crippen LogP) is 3.49. The van der Waals surface area contributed by atoms with E-state index < -0.39 is 11.6 Å². The number of hydrogen-bond acceptors (Lipinski definition) is 3. The third-order valence-electron chi connectivity index (χ3n) is 4.48. The molecule has 1 atom stereocenters. The van der Waals surface area contributed by atoms with Gasteiger partial charge in [-0.3, -0.25) is 0 Å². The van der Waals surface area contributed by atoms with Crippen LogP contribution in [0.5, 0.6) is 0 Å². The van der Waals surface area contributed by atoms with Gasteiger partial charge in [0.15, 0.2) is 5.79 Å². The van der Waals surface area contributed by atoms with E-state index in [1.54, 1.807) is 11.0 Å². The van der Waals surface area contributed by atoms with Crippen molar-refractivity contribution in [2.75, 3.05) is 31.6 Å². The number of benzene rings is 1. The Balaban J connectivity index is 1.63. The van der Waals surface area contributed by atoms with Crippen LogP contribution in [0, 0.1) is 11.7 Å². The van der Waals surface area contributed by atoms with Gasteiger partial charge in [-0.05, 0) is 38.0 Å². The van der Waals surface area contributed by atoms with Crippen molar-refractivity contribution >= 4 is 23.3 Å². The Hall–Kier alpha value is -1.37. The fourth-order valence-electron chi connectivity index (χ4n) is 3.13. The van der Waals surface area contributed by atoms with Gasteiger partial charge in [-0.1, -0.05) is 11.6 Å². The number of likely N-dealkylation sites (tertiary alicyclic amines) is 1. The number of halogens is 2. The molecule has 23 heavy (non-hydrogen) atoms. The number of nitrogens with zero attached hydrogens (tertiary/aromatic N) is 1. The van der Waals surface area contributed by atoms with E-state index in [1.165, 1.54) is 12.1 Å². The van der Waals surface area contributed by atoms with Crippen molar-refractivity contribution in [2.45, 2.75) is 25.6 Å². The zero-order chi connectivity index (χ0) is 16.4. The van der Waals surface area contributed by atoms with Crippen LogP contribution in [0.2, 0.25) is 5.02 Å². The number of amides is 2. The first kappa shape index (κ1) is 16.5. The maximum Gasteiger partial charge on any atom is 0.321 e. The molecule has 0 unspecified atom stereocenters. The average Bonchev–Trinajstić information content (AvgIpc) is 2.99. The highest BCUT2D eigenvalue weighted by molar-refractivity contribution is 6.30. The maximum absolute atomic E-state index is 13.5. The van der Waals surface area contributed by atoms with Gasteiger partial charge in [0.05, 0.1) is 18.2 Å². The number of hydrogen-bond donors (Lipinski definition) is 1. The molecule has 3 rings (SSSR count). The van der Waals surface area contributed by atoms with Gasteiger partial charge in [0.1, 0.15) is 5.82 Å². The molecule has 2 amide bonds. The second-order valence-corrected chi connectivity index (χ2v) is 6.46. The fourth-order valence-corrected chi connectivity index (χ4v) is 3.25. The summed E-state index contributed by atoms with van der Waals surface area (Å²) in [7, 11) is 0. The monoisotopic (exact) mass is 342 g/mol. The Morgan fingerprint density at radius 2 is 2.17 bits per heavy atom. The molecule has 2 fully saturated rings. The molecule has 0 saturated carbocycles. The van der Waals surface area contributed by atoms with Crippen LogP contribution in [-0.4, -0.2) is 43.0 Å². The third kappa shape index (κ3) is 3.59. The summed E-state index contributed by atoms with van der Waals surface area (Å²) in [5.74, 6) is -1.04. The lowest BCUT2D eigenvalue weighted by atomic mass is 9.90. The summed E-state index contributed by atoms with van der Waals surface area (Å²) in [6.07, 6.45) is 1.84. The van der Waals surface area contributed by atoms with Crippen LogP contribution in [0.4, 0.5) is 14.9 Å². The van der Waals surface area contributed by atoms with E-state index in [0.29, 0.717) is 32.0 Å². The maximum atomic E-state index is 13.5. The summed E-state index contributed by atoms with van der Waals surface area (Å²) < 4.78 is 24.9. The van der Waals surface area contributed by atoms with E-state index >= 15 is 0 Å². The molecule has 2 aliphatic rings. The first-order valence-corrected chi connectivity index (χ1v) is 8.14. The van der Waals surface area contributed by atoms with Gasteiger partial charge < -0.3 is 19.7 Å². The van der Waals surface area contributed by atoms with Crippen molar-refractivity contribution in [2.24, 2.45) is 5.92 Å². The molecule has 1 aromatic rings. The van der Waals surface area contributed by atoms with E-state index in [-0.39, 0.29) is 17.0 Å². The minimum absolute atomic E-state index is 0.0319. The quantitative estimate of drug-likeness (QED) is 0.895. The molecule has 0 spiro atoms. The third-order valence-corrected chi connectivity index (χ3v) is 4.79. The molecule has 7 heteroatoms. The van der Waals surface area contributed by atoms with Crippen molar-refractivity contribution in [3.63, 3.8) is 0 Å². The first-order valence-electron chi connectivity index (χ1n) is 7.77. The Morgan fingerprint density at radius 3 is 2.87 bits per heavy atom. The van der Waals surface area contributed by atoms with Gasteiger partial charge in [0, 0.05) is 24.7 Å². The Kier molecular flexibility index (Phi) is 4.75. The fraction of sp³-hybridized carbons (Fsp3) is 0.562. The van der Waals surface area contributed by atoms with Crippen molar-refractivity contribution in [3.8, 4) is 0 Å². The molecule has 0 aliphatic carbocycles. The standard InChI is InChI=1S/C16H20ClFN2O3/c1-16(22-7-8-23-16)11-3-2-6-20(10-11)15(21)19-12-4-5-13(17)14(18)9-12/h4-5,9,11H,2-3,6-8,10H2,1H3,(H,19,21)/t11-/m0/s1. The largest absolute Gasteiger partial charge is 0.347 e. The summed E-state index contributed by atoms with van der Waals surface area (Å²) in [6.45, 7) is 4.32. The number of urea groups is 1. The minimum atomic E-state index is -0.620. The Labute approximate surface area is 139 Å². The predicted molar refractivity (Wildman–Crippen MR) is 85.0 cm³/mol. The molecule has 126 valence electrons. The molecule has 0 radical (unpaired) electrons. The van der Waals surface area contributed by atoms with Crippen molar-refractivity contribution in [1.29, 1.82) is 0 Å². The van der Waals surface area contributed by atoms with Gasteiger partial charge in [-0.2, -0.15) is 0 Å². The van der Waals surface area contributed by atoms with E-state index in [4.69, 9.17) is 21.1 Å². The summed E-state index contributed by atoms with van der Waals surface area (Å²) in [5.41, 5.74) is 0.388. The van der Waals surface area contributed by atoms with Crippen molar-refractivity contribution in [3.05, 3.63) is 29.0 Å². The molecule has 1 aromatic carbocycles. The molecule has 0 bridgehead atoms. The number of carbonyl (C=O) groups is 1. The number of anilines is 1. The smallest absolute Gasteiger partial charge is 0.321 e. The number of nitrogens with one attached hydrogen (secondary N) is 1. The molecule has 2 heterocycles. The summed E-state index contributed by atoms with van der Waals surface area (Å²) in [6, 6.07) is 3.96. The zero-order valence-electron chi connectivity index (χ0n) is 13.0. The second-order valence-electron chi connectivity index (χ2n) is 6.06. The molecular weight excluding hydrogens is 323 g/mol. The van der Waals surface area contributed by atoms with Gasteiger partial charge in [-0.25, -0.2) is 9.18 Å². The highest BCUT2D eigenvalue weighted by Gasteiger charge is 2.42. The summed E-state index contributed by atoms with van der Waals surface area (Å²) in [4.78, 5) is 14.1. The van der Waals surface area contributed by atoms with Crippen LogP contribution in [-0.2, 0) is 9.47 Å².